The number of carbonyl (C=O) groups excluding carboxylic acids is 2. The Balaban J connectivity index is 1.98. The number of methoxy groups -OCH3 is 1. The lowest BCUT2D eigenvalue weighted by atomic mass is 10.1. The molecule has 1 unspecified atom stereocenters. The molecule has 0 aliphatic carbocycles. The molecule has 2 rings (SSSR count). The van der Waals surface area contributed by atoms with Gasteiger partial charge in [0.25, 0.3) is 5.91 Å². The van der Waals surface area contributed by atoms with Crippen molar-refractivity contribution in [2.45, 2.75) is 13.5 Å². The third-order valence-electron chi connectivity index (χ3n) is 3.45. The first-order valence-corrected chi connectivity index (χ1v) is 8.20. The van der Waals surface area contributed by atoms with E-state index in [1.54, 1.807) is 29.5 Å². The number of amides is 1. The highest BCUT2D eigenvalue weighted by atomic mass is 32.1. The van der Waals surface area contributed by atoms with Gasteiger partial charge in [-0.15, -0.1) is 11.3 Å². The molecule has 6 heteroatoms. The highest BCUT2D eigenvalue weighted by Crippen LogP contribution is 2.17. The number of benzene rings is 1. The lowest BCUT2D eigenvalue weighted by Gasteiger charge is -2.14. The molecule has 0 fully saturated rings. The number of hydrogen-bond acceptors (Lipinski definition) is 4. The molecule has 0 aliphatic heterocycles. The molecule has 0 spiro atoms. The largest absolute Gasteiger partial charge is 0.465 e. The first kappa shape index (κ1) is 17.2. The van der Waals surface area contributed by atoms with Crippen molar-refractivity contribution >= 4 is 28.9 Å². The third-order valence-corrected chi connectivity index (χ3v) is 4.33. The highest BCUT2D eigenvalue weighted by molar-refractivity contribution is 7.09. The van der Waals surface area contributed by atoms with E-state index in [1.807, 2.05) is 25.4 Å². The second kappa shape index (κ2) is 7.89. The zero-order valence-corrected chi connectivity index (χ0v) is 14.3. The summed E-state index contributed by atoms with van der Waals surface area (Å²) in [6.45, 7) is 3.06. The molecule has 1 amide bonds. The van der Waals surface area contributed by atoms with Crippen LogP contribution in [0.25, 0.3) is 0 Å². The summed E-state index contributed by atoms with van der Waals surface area (Å²) in [4.78, 5) is 26.1. The first-order valence-electron chi connectivity index (χ1n) is 7.32. The van der Waals surface area contributed by atoms with E-state index >= 15 is 0 Å². The minimum atomic E-state index is -0.416. The van der Waals surface area contributed by atoms with E-state index < -0.39 is 5.97 Å². The maximum atomic E-state index is 12.2. The highest BCUT2D eigenvalue weighted by Gasteiger charge is 2.14. The number of nitrogens with one attached hydrogen (secondary N) is 2. The van der Waals surface area contributed by atoms with Gasteiger partial charge in [0.1, 0.15) is 6.54 Å². The molecule has 1 heterocycles. The van der Waals surface area contributed by atoms with Crippen LogP contribution >= 0.6 is 11.3 Å². The van der Waals surface area contributed by atoms with E-state index in [4.69, 9.17) is 4.74 Å². The summed E-state index contributed by atoms with van der Waals surface area (Å²) >= 11 is 1.69. The molecule has 1 atom stereocenters. The van der Waals surface area contributed by atoms with Crippen LogP contribution in [0.15, 0.2) is 35.7 Å². The number of quaternary nitrogens is 1. The van der Waals surface area contributed by atoms with E-state index in [0.717, 1.165) is 17.0 Å². The van der Waals surface area contributed by atoms with Crippen LogP contribution in [0.5, 0.6) is 0 Å². The molecule has 5 nitrogen and oxygen atoms in total. The third kappa shape index (κ3) is 4.91. The molecule has 122 valence electrons. The van der Waals surface area contributed by atoms with Crippen LogP contribution in [0.1, 0.15) is 20.8 Å². The van der Waals surface area contributed by atoms with E-state index in [1.165, 1.54) is 12.0 Å². The lowest BCUT2D eigenvalue weighted by molar-refractivity contribution is -0.884. The van der Waals surface area contributed by atoms with Gasteiger partial charge in [0.2, 0.25) is 0 Å². The summed E-state index contributed by atoms with van der Waals surface area (Å²) < 4.78 is 4.70. The summed E-state index contributed by atoms with van der Waals surface area (Å²) in [5.41, 5.74) is 1.97. The van der Waals surface area contributed by atoms with Crippen LogP contribution in [-0.4, -0.2) is 32.6 Å². The Morgan fingerprint density at radius 2 is 2.09 bits per heavy atom. The molecule has 2 N–H and O–H groups in total. The standard InChI is InChI=1S/C17H20N2O3S/c1-12-6-7-13(17(21)22-3)9-15(12)18-16(20)11-19(2)10-14-5-4-8-23-14/h4-9H,10-11H2,1-3H3,(H,18,20)/p+1. The molecule has 0 aliphatic rings. The van der Waals surface area contributed by atoms with Gasteiger partial charge < -0.3 is 15.0 Å². The summed E-state index contributed by atoms with van der Waals surface area (Å²) in [5, 5.41) is 4.91. The predicted molar refractivity (Wildman–Crippen MR) is 90.9 cm³/mol. The van der Waals surface area contributed by atoms with E-state index in [9.17, 15) is 9.59 Å². The number of esters is 1. The number of rotatable bonds is 6. The van der Waals surface area contributed by atoms with Crippen molar-refractivity contribution < 1.29 is 19.2 Å². The minimum absolute atomic E-state index is 0.0795. The van der Waals surface area contributed by atoms with Crippen molar-refractivity contribution in [1.82, 2.24) is 0 Å². The molecular formula is C17H21N2O3S+. The van der Waals surface area contributed by atoms with Crippen molar-refractivity contribution in [3.63, 3.8) is 0 Å². The molecule has 1 aromatic carbocycles. The van der Waals surface area contributed by atoms with Crippen molar-refractivity contribution in [3.8, 4) is 0 Å². The van der Waals surface area contributed by atoms with Gasteiger partial charge in [-0.1, -0.05) is 12.1 Å². The van der Waals surface area contributed by atoms with Gasteiger partial charge in [0.05, 0.1) is 24.6 Å². The Hall–Kier alpha value is -2.18. The van der Waals surface area contributed by atoms with Gasteiger partial charge >= 0.3 is 5.97 Å². The zero-order valence-electron chi connectivity index (χ0n) is 13.5. The number of anilines is 1. The SMILES string of the molecule is COC(=O)c1ccc(C)c(NC(=O)C[NH+](C)Cc2cccs2)c1. The zero-order chi connectivity index (χ0) is 16.8. The van der Waals surface area contributed by atoms with Gasteiger partial charge in [0, 0.05) is 5.69 Å². The van der Waals surface area contributed by atoms with Crippen molar-refractivity contribution in [1.29, 1.82) is 0 Å². The molecule has 2 aromatic rings. The fourth-order valence-electron chi connectivity index (χ4n) is 2.24. The molecule has 1 aromatic heterocycles. The molecular weight excluding hydrogens is 312 g/mol. The minimum Gasteiger partial charge on any atom is -0.465 e. The average molecular weight is 333 g/mol. The fraction of sp³-hybridized carbons (Fsp3) is 0.294. The Bertz CT molecular complexity index is 683. The summed E-state index contributed by atoms with van der Waals surface area (Å²) in [5.74, 6) is -0.495. The van der Waals surface area contributed by atoms with Crippen molar-refractivity contribution in [2.75, 3.05) is 26.0 Å². The molecule has 0 saturated carbocycles. The van der Waals surface area contributed by atoms with E-state index in [2.05, 4.69) is 11.4 Å². The summed E-state index contributed by atoms with van der Waals surface area (Å²) in [7, 11) is 3.32. The molecule has 0 bridgehead atoms. The number of hydrogen-bond donors (Lipinski definition) is 2. The van der Waals surface area contributed by atoms with Gasteiger partial charge in [-0.3, -0.25) is 4.79 Å². The van der Waals surface area contributed by atoms with Crippen LogP contribution in [-0.2, 0) is 16.1 Å². The number of ether oxygens (including phenoxy) is 1. The fourth-order valence-corrected chi connectivity index (χ4v) is 3.06. The Morgan fingerprint density at radius 1 is 1.30 bits per heavy atom. The predicted octanol–water partition coefficient (Wildman–Crippen LogP) is 1.50. The maximum absolute atomic E-state index is 12.2. The van der Waals surface area contributed by atoms with Gasteiger partial charge in [-0.25, -0.2) is 4.79 Å². The molecule has 0 radical (unpaired) electrons. The Kier molecular flexibility index (Phi) is 5.90. The molecule has 0 saturated heterocycles. The Morgan fingerprint density at radius 3 is 2.74 bits per heavy atom. The summed E-state index contributed by atoms with van der Waals surface area (Å²) in [6, 6.07) is 9.20. The monoisotopic (exact) mass is 333 g/mol. The number of likely N-dealkylation sites (N-methyl/N-ethyl adjacent to an activating group) is 1. The number of thiophene rings is 1. The summed E-state index contributed by atoms with van der Waals surface area (Å²) in [6.07, 6.45) is 0. The van der Waals surface area contributed by atoms with Gasteiger partial charge in [-0.2, -0.15) is 0 Å². The van der Waals surface area contributed by atoms with Crippen LogP contribution in [0.3, 0.4) is 0 Å². The van der Waals surface area contributed by atoms with Crippen LogP contribution < -0.4 is 10.2 Å². The van der Waals surface area contributed by atoms with Gasteiger partial charge in [-0.05, 0) is 36.1 Å². The van der Waals surface area contributed by atoms with Crippen LogP contribution in [0, 0.1) is 6.92 Å². The van der Waals surface area contributed by atoms with Gasteiger partial charge in [0.15, 0.2) is 6.54 Å². The second-order valence-electron chi connectivity index (χ2n) is 5.46. The van der Waals surface area contributed by atoms with Crippen LogP contribution in [0.4, 0.5) is 5.69 Å². The maximum Gasteiger partial charge on any atom is 0.337 e. The topological polar surface area (TPSA) is 59.8 Å². The van der Waals surface area contributed by atoms with E-state index in [-0.39, 0.29) is 5.91 Å². The normalized spacial score (nSPS) is 11.8. The lowest BCUT2D eigenvalue weighted by Crippen LogP contribution is -3.08. The van der Waals surface area contributed by atoms with Crippen LogP contribution in [0.2, 0.25) is 0 Å². The van der Waals surface area contributed by atoms with E-state index in [0.29, 0.717) is 17.8 Å². The smallest absolute Gasteiger partial charge is 0.337 e. The van der Waals surface area contributed by atoms with Crippen molar-refractivity contribution in [2.24, 2.45) is 0 Å². The quantitative estimate of drug-likeness (QED) is 0.788. The second-order valence-corrected chi connectivity index (χ2v) is 6.49. The average Bonchev–Trinajstić information content (AvgIpc) is 3.01. The first-order chi connectivity index (χ1) is 11.0. The number of carbonyl (C=O) groups is 2. The Labute approximate surface area is 139 Å². The number of aryl methyl sites for hydroxylation is 1. The molecule has 23 heavy (non-hydrogen) atoms. The van der Waals surface area contributed by atoms with Crippen molar-refractivity contribution in [3.05, 3.63) is 51.7 Å².